The van der Waals surface area contributed by atoms with Gasteiger partial charge < -0.3 is 20.1 Å². The van der Waals surface area contributed by atoms with Crippen LogP contribution in [-0.4, -0.2) is 69.0 Å². The normalized spacial score (nSPS) is 22.5. The summed E-state index contributed by atoms with van der Waals surface area (Å²) < 4.78 is 26.5. The molecular weight excluding hydrogens is 290 g/mol. The minimum absolute atomic E-state index is 0.0725. The molecule has 0 aromatic rings. The molecule has 2 atom stereocenters. The third-order valence-corrected chi connectivity index (χ3v) is 3.93. The average molecular weight is 309 g/mol. The number of ether oxygens (including phenoxy) is 1. The van der Waals surface area contributed by atoms with E-state index in [0.717, 1.165) is 0 Å². The number of urea groups is 1. The molecule has 1 fully saturated rings. The molecule has 0 aromatic heterocycles. The van der Waals surface area contributed by atoms with Crippen LogP contribution in [0.2, 0.25) is 0 Å². The molecule has 0 radical (unpaired) electrons. The number of carbonyl (C=O) groups excluding carboxylic acids is 1. The van der Waals surface area contributed by atoms with Gasteiger partial charge >= 0.3 is 12.0 Å². The Morgan fingerprint density at radius 1 is 1.45 bits per heavy atom. The van der Waals surface area contributed by atoms with E-state index in [0.29, 0.717) is 0 Å². The van der Waals surface area contributed by atoms with E-state index < -0.39 is 34.0 Å². The highest BCUT2D eigenvalue weighted by molar-refractivity contribution is 7.89. The Morgan fingerprint density at radius 3 is 2.65 bits per heavy atom. The van der Waals surface area contributed by atoms with Gasteiger partial charge in [0.25, 0.3) is 0 Å². The molecular formula is C10H19N3O6S. The van der Waals surface area contributed by atoms with E-state index in [2.05, 4.69) is 5.32 Å². The number of nitrogens with one attached hydrogen (secondary N) is 1. The summed E-state index contributed by atoms with van der Waals surface area (Å²) >= 11 is 0. The van der Waals surface area contributed by atoms with Gasteiger partial charge in [0.15, 0.2) is 0 Å². The third-order valence-electron chi connectivity index (χ3n) is 3.07. The van der Waals surface area contributed by atoms with Crippen molar-refractivity contribution < 1.29 is 27.9 Å². The molecule has 1 saturated heterocycles. The maximum Gasteiger partial charge on any atom is 0.317 e. The van der Waals surface area contributed by atoms with E-state index in [-0.39, 0.29) is 31.9 Å². The quantitative estimate of drug-likeness (QED) is 0.505. The minimum atomic E-state index is -3.54. The van der Waals surface area contributed by atoms with Crippen LogP contribution in [0.1, 0.15) is 6.42 Å². The third kappa shape index (κ3) is 4.94. The summed E-state index contributed by atoms with van der Waals surface area (Å²) in [4.78, 5) is 24.1. The van der Waals surface area contributed by atoms with Crippen molar-refractivity contribution >= 4 is 22.0 Å². The number of primary sulfonamides is 1. The summed E-state index contributed by atoms with van der Waals surface area (Å²) in [6.45, 7) is 0.381. The van der Waals surface area contributed by atoms with Crippen molar-refractivity contribution in [2.45, 2.75) is 12.5 Å². The first-order valence-electron chi connectivity index (χ1n) is 6.04. The number of carboxylic acids is 1. The number of nitrogens with zero attached hydrogens (tertiary/aromatic N) is 1. The van der Waals surface area contributed by atoms with Crippen molar-refractivity contribution in [1.82, 2.24) is 10.2 Å². The van der Waals surface area contributed by atoms with Crippen LogP contribution in [-0.2, 0) is 19.6 Å². The van der Waals surface area contributed by atoms with Crippen LogP contribution < -0.4 is 10.5 Å². The predicted octanol–water partition coefficient (Wildman–Crippen LogP) is -1.59. The second-order valence-electron chi connectivity index (χ2n) is 4.61. The molecule has 4 N–H and O–H groups in total. The molecule has 0 spiro atoms. The molecule has 1 rings (SSSR count). The van der Waals surface area contributed by atoms with Gasteiger partial charge in [0.1, 0.15) is 5.92 Å². The van der Waals surface area contributed by atoms with Gasteiger partial charge in [0, 0.05) is 13.6 Å². The van der Waals surface area contributed by atoms with Crippen molar-refractivity contribution in [3.63, 3.8) is 0 Å². The van der Waals surface area contributed by atoms with Crippen molar-refractivity contribution in [2.75, 3.05) is 32.6 Å². The molecule has 20 heavy (non-hydrogen) atoms. The summed E-state index contributed by atoms with van der Waals surface area (Å²) in [6.07, 6.45) is 0.196. The van der Waals surface area contributed by atoms with Crippen LogP contribution in [0.3, 0.4) is 0 Å². The largest absolute Gasteiger partial charge is 0.481 e. The Labute approximate surface area is 117 Å². The summed E-state index contributed by atoms with van der Waals surface area (Å²) in [7, 11) is -2.06. The molecule has 0 saturated carbocycles. The van der Waals surface area contributed by atoms with Gasteiger partial charge in [0.2, 0.25) is 10.0 Å². The van der Waals surface area contributed by atoms with Gasteiger partial charge in [-0.05, 0) is 6.42 Å². The highest BCUT2D eigenvalue weighted by Crippen LogP contribution is 2.18. The van der Waals surface area contributed by atoms with E-state index >= 15 is 0 Å². The van der Waals surface area contributed by atoms with Crippen LogP contribution in [0.15, 0.2) is 0 Å². The smallest absolute Gasteiger partial charge is 0.317 e. The Balaban J connectivity index is 2.41. The molecule has 0 aliphatic carbocycles. The fourth-order valence-corrected chi connectivity index (χ4v) is 2.45. The molecule has 0 aromatic carbocycles. The van der Waals surface area contributed by atoms with E-state index in [1.54, 1.807) is 0 Å². The standard InChI is InChI=1S/C10H19N3O6S/c1-13(8-6-19-5-7(8)9(14)15)10(16)12-3-2-4-20(11,17)18/h7-8H,2-6H2,1H3,(H,12,16)(H,14,15)(H2,11,17,18). The number of rotatable bonds is 6. The molecule has 116 valence electrons. The van der Waals surface area contributed by atoms with E-state index in [1.807, 2.05) is 0 Å². The van der Waals surface area contributed by atoms with Crippen molar-refractivity contribution in [3.8, 4) is 0 Å². The lowest BCUT2D eigenvalue weighted by Gasteiger charge is -2.26. The lowest BCUT2D eigenvalue weighted by Crippen LogP contribution is -2.48. The lowest BCUT2D eigenvalue weighted by atomic mass is 10.0. The highest BCUT2D eigenvalue weighted by atomic mass is 32.2. The first-order valence-corrected chi connectivity index (χ1v) is 7.75. The topological polar surface area (TPSA) is 139 Å². The monoisotopic (exact) mass is 309 g/mol. The zero-order valence-electron chi connectivity index (χ0n) is 11.1. The number of sulfonamides is 1. The maximum absolute atomic E-state index is 11.8. The van der Waals surface area contributed by atoms with Gasteiger partial charge in [-0.3, -0.25) is 4.79 Å². The van der Waals surface area contributed by atoms with E-state index in [9.17, 15) is 18.0 Å². The fourth-order valence-electron chi connectivity index (χ4n) is 1.90. The van der Waals surface area contributed by atoms with Crippen LogP contribution in [0.4, 0.5) is 4.79 Å². The maximum atomic E-state index is 11.8. The van der Waals surface area contributed by atoms with Gasteiger partial charge in [-0.15, -0.1) is 0 Å². The average Bonchev–Trinajstić information content (AvgIpc) is 2.81. The van der Waals surface area contributed by atoms with Gasteiger partial charge in [0.05, 0.1) is 25.0 Å². The second-order valence-corrected chi connectivity index (χ2v) is 6.35. The summed E-state index contributed by atoms with van der Waals surface area (Å²) in [6, 6.07) is -1.01. The molecule has 1 aliphatic heterocycles. The molecule has 0 bridgehead atoms. The minimum Gasteiger partial charge on any atom is -0.481 e. The van der Waals surface area contributed by atoms with Gasteiger partial charge in [-0.1, -0.05) is 0 Å². The number of nitrogens with two attached hydrogens (primary N) is 1. The molecule has 2 unspecified atom stereocenters. The lowest BCUT2D eigenvalue weighted by molar-refractivity contribution is -0.142. The Kier molecular flexibility index (Phi) is 5.72. The predicted molar refractivity (Wildman–Crippen MR) is 69.5 cm³/mol. The number of hydrogen-bond acceptors (Lipinski definition) is 5. The molecule has 9 nitrogen and oxygen atoms in total. The van der Waals surface area contributed by atoms with Gasteiger partial charge in [-0.2, -0.15) is 0 Å². The van der Waals surface area contributed by atoms with Crippen LogP contribution in [0, 0.1) is 5.92 Å². The van der Waals surface area contributed by atoms with Crippen LogP contribution >= 0.6 is 0 Å². The summed E-state index contributed by atoms with van der Waals surface area (Å²) in [5, 5.41) is 16.3. The number of carbonyl (C=O) groups is 2. The second kappa shape index (κ2) is 6.86. The van der Waals surface area contributed by atoms with Crippen LogP contribution in [0.25, 0.3) is 0 Å². The molecule has 1 aliphatic rings. The number of aliphatic carboxylic acids is 1. The zero-order chi connectivity index (χ0) is 15.3. The first kappa shape index (κ1) is 16.7. The summed E-state index contributed by atoms with van der Waals surface area (Å²) in [5.74, 6) is -1.99. The van der Waals surface area contributed by atoms with E-state index in [1.165, 1.54) is 11.9 Å². The Hall–Kier alpha value is -1.39. The first-order chi connectivity index (χ1) is 9.22. The van der Waals surface area contributed by atoms with Crippen molar-refractivity contribution in [3.05, 3.63) is 0 Å². The number of carboxylic acid groups (broad SMARTS) is 1. The molecule has 10 heteroatoms. The zero-order valence-corrected chi connectivity index (χ0v) is 11.9. The fraction of sp³-hybridized carbons (Fsp3) is 0.800. The number of likely N-dealkylation sites (N-methyl/N-ethyl adjacent to an activating group) is 1. The van der Waals surface area contributed by atoms with Gasteiger partial charge in [-0.25, -0.2) is 18.4 Å². The van der Waals surface area contributed by atoms with Crippen molar-refractivity contribution in [2.24, 2.45) is 11.1 Å². The van der Waals surface area contributed by atoms with E-state index in [4.69, 9.17) is 15.0 Å². The number of hydrogen-bond donors (Lipinski definition) is 3. The Bertz CT molecular complexity index is 466. The molecule has 1 heterocycles. The highest BCUT2D eigenvalue weighted by Gasteiger charge is 2.38. The van der Waals surface area contributed by atoms with Crippen LogP contribution in [0.5, 0.6) is 0 Å². The summed E-state index contributed by atoms with van der Waals surface area (Å²) in [5.41, 5.74) is 0. The van der Waals surface area contributed by atoms with Crippen molar-refractivity contribution in [1.29, 1.82) is 0 Å². The number of amides is 2. The SMILES string of the molecule is CN(C(=O)NCCCS(N)(=O)=O)C1COCC1C(=O)O. The molecule has 2 amide bonds. The Morgan fingerprint density at radius 2 is 2.10 bits per heavy atom.